The third-order valence-electron chi connectivity index (χ3n) is 3.00. The van der Waals surface area contributed by atoms with E-state index in [1.165, 1.54) is 24.1 Å². The first-order valence-corrected chi connectivity index (χ1v) is 6.96. The van der Waals surface area contributed by atoms with Crippen LogP contribution in [-0.2, 0) is 12.8 Å². The number of pyridine rings is 1. The van der Waals surface area contributed by atoms with Crippen molar-refractivity contribution in [2.24, 2.45) is 0 Å². The van der Waals surface area contributed by atoms with Crippen LogP contribution in [-0.4, -0.2) is 15.9 Å². The lowest BCUT2D eigenvalue weighted by molar-refractivity contribution is 0.704. The summed E-state index contributed by atoms with van der Waals surface area (Å²) in [4.78, 5) is 5.22. The Morgan fingerprint density at radius 1 is 1.38 bits per heavy atom. The van der Waals surface area contributed by atoms with Crippen molar-refractivity contribution in [2.45, 2.75) is 50.4 Å². The fourth-order valence-electron chi connectivity index (χ4n) is 2.30. The third kappa shape index (κ3) is 2.97. The van der Waals surface area contributed by atoms with Gasteiger partial charge in [0.25, 0.3) is 0 Å². The summed E-state index contributed by atoms with van der Waals surface area (Å²) >= 11 is 3.58. The van der Waals surface area contributed by atoms with E-state index in [4.69, 9.17) is 0 Å². The number of anilines is 1. The van der Waals surface area contributed by atoms with Crippen LogP contribution in [0.15, 0.2) is 12.1 Å². The van der Waals surface area contributed by atoms with Crippen LogP contribution in [0.25, 0.3) is 0 Å². The molecule has 0 saturated heterocycles. The molecular formula is C13H19BrN2. The molecule has 0 spiro atoms. The first-order chi connectivity index (χ1) is 7.65. The molecule has 1 aliphatic carbocycles. The molecule has 2 unspecified atom stereocenters. The molecule has 16 heavy (non-hydrogen) atoms. The Balaban J connectivity index is 1.99. The SMILES string of the molecule is CC(Br)CC(C)Nc1ccc2c(n1)CCC2. The number of nitrogens with one attached hydrogen (secondary N) is 1. The lowest BCUT2D eigenvalue weighted by atomic mass is 10.2. The van der Waals surface area contributed by atoms with Crippen molar-refractivity contribution >= 4 is 21.7 Å². The van der Waals surface area contributed by atoms with Gasteiger partial charge in [0.1, 0.15) is 5.82 Å². The summed E-state index contributed by atoms with van der Waals surface area (Å²) in [7, 11) is 0. The third-order valence-corrected chi connectivity index (χ3v) is 3.37. The number of aryl methyl sites for hydroxylation is 2. The molecule has 3 heteroatoms. The van der Waals surface area contributed by atoms with E-state index < -0.39 is 0 Å². The summed E-state index contributed by atoms with van der Waals surface area (Å²) in [5, 5.41) is 3.46. The van der Waals surface area contributed by atoms with Gasteiger partial charge in [-0.1, -0.05) is 28.9 Å². The lowest BCUT2D eigenvalue weighted by Gasteiger charge is -2.16. The Bertz CT molecular complexity index is 363. The van der Waals surface area contributed by atoms with Gasteiger partial charge in [-0.3, -0.25) is 0 Å². The van der Waals surface area contributed by atoms with E-state index in [2.05, 4.69) is 52.2 Å². The van der Waals surface area contributed by atoms with E-state index in [0.29, 0.717) is 10.9 Å². The van der Waals surface area contributed by atoms with E-state index in [1.54, 1.807) is 0 Å². The molecule has 2 atom stereocenters. The Hall–Kier alpha value is -0.570. The molecule has 1 N–H and O–H groups in total. The fourth-order valence-corrected chi connectivity index (χ4v) is 2.86. The van der Waals surface area contributed by atoms with Gasteiger partial charge in [-0.25, -0.2) is 4.98 Å². The molecule has 88 valence electrons. The Labute approximate surface area is 106 Å². The van der Waals surface area contributed by atoms with Gasteiger partial charge in [0.2, 0.25) is 0 Å². The summed E-state index contributed by atoms with van der Waals surface area (Å²) in [6.07, 6.45) is 4.73. The molecule has 0 aromatic carbocycles. The van der Waals surface area contributed by atoms with Crippen molar-refractivity contribution in [3.05, 3.63) is 23.4 Å². The summed E-state index contributed by atoms with van der Waals surface area (Å²) < 4.78 is 0. The minimum atomic E-state index is 0.460. The van der Waals surface area contributed by atoms with Gasteiger partial charge in [0.15, 0.2) is 0 Å². The Kier molecular flexibility index (Phi) is 3.85. The van der Waals surface area contributed by atoms with Gasteiger partial charge in [-0.2, -0.15) is 0 Å². The first-order valence-electron chi connectivity index (χ1n) is 6.04. The molecular weight excluding hydrogens is 264 g/mol. The number of rotatable bonds is 4. The number of hydrogen-bond donors (Lipinski definition) is 1. The van der Waals surface area contributed by atoms with Crippen LogP contribution in [0.4, 0.5) is 5.82 Å². The van der Waals surface area contributed by atoms with Gasteiger partial charge in [-0.15, -0.1) is 0 Å². The van der Waals surface area contributed by atoms with Crippen molar-refractivity contribution in [1.82, 2.24) is 4.98 Å². The predicted molar refractivity (Wildman–Crippen MR) is 72.4 cm³/mol. The monoisotopic (exact) mass is 282 g/mol. The van der Waals surface area contributed by atoms with Gasteiger partial charge in [-0.05, 0) is 44.2 Å². The molecule has 1 aromatic rings. The van der Waals surface area contributed by atoms with E-state index in [-0.39, 0.29) is 0 Å². The number of alkyl halides is 1. The first kappa shape index (κ1) is 11.9. The molecule has 0 amide bonds. The molecule has 0 fully saturated rings. The highest BCUT2D eigenvalue weighted by Crippen LogP contribution is 2.22. The summed E-state index contributed by atoms with van der Waals surface area (Å²) in [6, 6.07) is 4.79. The smallest absolute Gasteiger partial charge is 0.126 e. The van der Waals surface area contributed by atoms with Crippen LogP contribution in [0.5, 0.6) is 0 Å². The number of aromatic nitrogens is 1. The summed E-state index contributed by atoms with van der Waals surface area (Å²) in [6.45, 7) is 4.38. The van der Waals surface area contributed by atoms with Crippen molar-refractivity contribution in [2.75, 3.05) is 5.32 Å². The zero-order valence-corrected chi connectivity index (χ0v) is 11.5. The minimum absolute atomic E-state index is 0.460. The average Bonchev–Trinajstić information content (AvgIpc) is 2.63. The molecule has 1 aliphatic rings. The second-order valence-corrected chi connectivity index (χ2v) is 6.28. The lowest BCUT2D eigenvalue weighted by Crippen LogP contribution is -2.19. The number of fused-ring (bicyclic) bond motifs is 1. The molecule has 1 heterocycles. The van der Waals surface area contributed by atoms with Crippen LogP contribution in [0, 0.1) is 0 Å². The van der Waals surface area contributed by atoms with Crippen LogP contribution in [0.3, 0.4) is 0 Å². The maximum Gasteiger partial charge on any atom is 0.126 e. The van der Waals surface area contributed by atoms with Crippen molar-refractivity contribution in [3.63, 3.8) is 0 Å². The molecule has 1 aromatic heterocycles. The van der Waals surface area contributed by atoms with Crippen LogP contribution < -0.4 is 5.32 Å². The highest BCUT2D eigenvalue weighted by Gasteiger charge is 2.13. The van der Waals surface area contributed by atoms with Crippen LogP contribution in [0.2, 0.25) is 0 Å². The molecule has 0 saturated carbocycles. The molecule has 2 rings (SSSR count). The highest BCUT2D eigenvalue weighted by molar-refractivity contribution is 9.09. The van der Waals surface area contributed by atoms with E-state index in [0.717, 1.165) is 18.7 Å². The van der Waals surface area contributed by atoms with Crippen molar-refractivity contribution in [1.29, 1.82) is 0 Å². The normalized spacial score (nSPS) is 17.9. The maximum atomic E-state index is 4.67. The van der Waals surface area contributed by atoms with Gasteiger partial charge < -0.3 is 5.32 Å². The quantitative estimate of drug-likeness (QED) is 0.855. The Morgan fingerprint density at radius 3 is 2.94 bits per heavy atom. The number of nitrogens with zero attached hydrogens (tertiary/aromatic N) is 1. The van der Waals surface area contributed by atoms with Gasteiger partial charge >= 0.3 is 0 Å². The average molecular weight is 283 g/mol. The van der Waals surface area contributed by atoms with E-state index in [1.807, 2.05) is 0 Å². The zero-order chi connectivity index (χ0) is 11.5. The van der Waals surface area contributed by atoms with Gasteiger partial charge in [0.05, 0.1) is 0 Å². The predicted octanol–water partition coefficient (Wildman–Crippen LogP) is 3.54. The van der Waals surface area contributed by atoms with Crippen LogP contribution >= 0.6 is 15.9 Å². The van der Waals surface area contributed by atoms with Crippen molar-refractivity contribution in [3.8, 4) is 0 Å². The molecule has 0 radical (unpaired) electrons. The minimum Gasteiger partial charge on any atom is -0.368 e. The summed E-state index contributed by atoms with van der Waals surface area (Å²) in [5.74, 6) is 1.03. The Morgan fingerprint density at radius 2 is 2.19 bits per heavy atom. The molecule has 0 aliphatic heterocycles. The largest absolute Gasteiger partial charge is 0.368 e. The van der Waals surface area contributed by atoms with Gasteiger partial charge in [0, 0.05) is 16.6 Å². The van der Waals surface area contributed by atoms with Crippen molar-refractivity contribution < 1.29 is 0 Å². The molecule has 2 nitrogen and oxygen atoms in total. The summed E-state index contributed by atoms with van der Waals surface area (Å²) in [5.41, 5.74) is 2.73. The topological polar surface area (TPSA) is 24.9 Å². The number of halogens is 1. The maximum absolute atomic E-state index is 4.67. The standard InChI is InChI=1S/C13H19BrN2/c1-9(14)8-10(2)15-13-7-6-11-4-3-5-12(11)16-13/h6-7,9-10H,3-5,8H2,1-2H3,(H,15,16). The second kappa shape index (κ2) is 5.17. The second-order valence-electron chi connectivity index (χ2n) is 4.72. The van der Waals surface area contributed by atoms with E-state index >= 15 is 0 Å². The number of hydrogen-bond acceptors (Lipinski definition) is 2. The zero-order valence-electron chi connectivity index (χ0n) is 9.96. The van der Waals surface area contributed by atoms with E-state index in [9.17, 15) is 0 Å². The molecule has 0 bridgehead atoms. The van der Waals surface area contributed by atoms with Crippen LogP contribution in [0.1, 0.15) is 37.9 Å². The highest BCUT2D eigenvalue weighted by atomic mass is 79.9. The fraction of sp³-hybridized carbons (Fsp3) is 0.615.